The van der Waals surface area contributed by atoms with Crippen LogP contribution >= 0.6 is 0 Å². The minimum absolute atomic E-state index is 0. The first-order chi connectivity index (χ1) is 6.34. The number of nitrogens with two attached hydrogens (primary N) is 1. The number of anilines is 1. The molecule has 0 aliphatic rings. The first-order valence-electron chi connectivity index (χ1n) is 3.34. The van der Waals surface area contributed by atoms with Crippen LogP contribution in [-0.2, 0) is 10.1 Å². The summed E-state index contributed by atoms with van der Waals surface area (Å²) in [7, 11) is -4.62. The summed E-state index contributed by atoms with van der Waals surface area (Å²) >= 11 is 0. The number of nitrogens with zero attached hydrogens (tertiary/aromatic N) is 1. The zero-order valence-corrected chi connectivity index (χ0v) is 10.6. The number of nitro groups is 1. The Morgan fingerprint density at radius 3 is 2.27 bits per heavy atom. The first-order valence-corrected chi connectivity index (χ1v) is 4.78. The van der Waals surface area contributed by atoms with Crippen LogP contribution in [0.1, 0.15) is 0 Å². The topological polar surface area (TPSA) is 124 Å². The van der Waals surface area contributed by atoms with Crippen molar-refractivity contribution < 1.29 is 47.5 Å². The molecule has 0 spiro atoms. The van der Waals surface area contributed by atoms with Gasteiger partial charge in [-0.15, -0.1) is 0 Å². The van der Waals surface area contributed by atoms with Gasteiger partial charge in [0.05, 0.1) is 4.92 Å². The quantitative estimate of drug-likeness (QED) is 0.193. The van der Waals surface area contributed by atoms with Crippen LogP contribution in [0.3, 0.4) is 0 Å². The molecule has 1 rings (SSSR count). The van der Waals surface area contributed by atoms with Crippen LogP contribution in [0.2, 0.25) is 0 Å². The van der Waals surface area contributed by atoms with Crippen molar-refractivity contribution in [3.8, 4) is 0 Å². The van der Waals surface area contributed by atoms with Gasteiger partial charge < -0.3 is 5.73 Å². The minimum Gasteiger partial charge on any atom is -0.393 e. The number of hydrogen-bond donors (Lipinski definition) is 2. The second-order valence-corrected chi connectivity index (χ2v) is 3.82. The smallest absolute Gasteiger partial charge is 0.393 e. The normalized spacial score (nSPS) is 10.5. The number of benzene rings is 1. The average Bonchev–Trinajstić information content (AvgIpc) is 2.01. The predicted octanol–water partition coefficient (Wildman–Crippen LogP) is -2.57. The number of para-hydroxylation sites is 1. The average molecular weight is 241 g/mol. The molecule has 3 N–H and O–H groups in total. The van der Waals surface area contributed by atoms with Gasteiger partial charge >= 0.3 is 45.4 Å². The number of rotatable bonds is 2. The van der Waals surface area contributed by atoms with E-state index >= 15 is 0 Å². The van der Waals surface area contributed by atoms with Crippen molar-refractivity contribution in [2.24, 2.45) is 0 Å². The number of hydrogen-bond acceptors (Lipinski definition) is 5. The SMILES string of the molecule is Nc1cccc(S(=O)(=O)O)c1[N+](=O)[O-].[Na+]. The molecule has 0 saturated carbocycles. The Kier molecular flexibility index (Phi) is 4.68. The molecule has 0 aromatic heterocycles. The van der Waals surface area contributed by atoms with Gasteiger partial charge in [-0.2, -0.15) is 8.42 Å². The third-order valence-corrected chi connectivity index (χ3v) is 2.38. The zero-order valence-electron chi connectivity index (χ0n) is 7.75. The molecular weight excluding hydrogens is 235 g/mol. The van der Waals surface area contributed by atoms with Crippen LogP contribution in [0, 0.1) is 10.1 Å². The number of nitro benzene ring substituents is 1. The van der Waals surface area contributed by atoms with E-state index in [1.54, 1.807) is 0 Å². The third kappa shape index (κ3) is 3.14. The van der Waals surface area contributed by atoms with Crippen LogP contribution in [0.15, 0.2) is 23.1 Å². The maximum absolute atomic E-state index is 10.7. The molecule has 15 heavy (non-hydrogen) atoms. The van der Waals surface area contributed by atoms with E-state index in [1.807, 2.05) is 0 Å². The summed E-state index contributed by atoms with van der Waals surface area (Å²) in [4.78, 5) is 8.68. The van der Waals surface area contributed by atoms with Crippen LogP contribution in [0.4, 0.5) is 11.4 Å². The summed E-state index contributed by atoms with van der Waals surface area (Å²) < 4.78 is 30.1. The maximum atomic E-state index is 10.7. The van der Waals surface area contributed by atoms with Gasteiger partial charge in [-0.3, -0.25) is 14.7 Å². The van der Waals surface area contributed by atoms with Crippen LogP contribution < -0.4 is 35.3 Å². The summed E-state index contributed by atoms with van der Waals surface area (Å²) in [5.41, 5.74) is 4.08. The molecule has 0 unspecified atom stereocenters. The fourth-order valence-corrected chi connectivity index (χ4v) is 1.63. The fourth-order valence-electron chi connectivity index (χ4n) is 0.943. The van der Waals surface area contributed by atoms with E-state index in [2.05, 4.69) is 0 Å². The van der Waals surface area contributed by atoms with E-state index in [9.17, 15) is 18.5 Å². The van der Waals surface area contributed by atoms with Crippen LogP contribution in [0.25, 0.3) is 0 Å². The van der Waals surface area contributed by atoms with E-state index < -0.39 is 25.6 Å². The Morgan fingerprint density at radius 2 is 1.93 bits per heavy atom. The predicted molar refractivity (Wildman–Crippen MR) is 47.3 cm³/mol. The molecule has 1 aromatic carbocycles. The van der Waals surface area contributed by atoms with Gasteiger partial charge in [-0.05, 0) is 12.1 Å². The van der Waals surface area contributed by atoms with E-state index in [1.165, 1.54) is 12.1 Å². The minimum atomic E-state index is -4.62. The van der Waals surface area contributed by atoms with Gasteiger partial charge in [0.15, 0.2) is 4.90 Å². The van der Waals surface area contributed by atoms with Gasteiger partial charge in [0.1, 0.15) is 5.69 Å². The molecule has 0 aliphatic heterocycles. The van der Waals surface area contributed by atoms with E-state index in [0.717, 1.165) is 6.07 Å². The van der Waals surface area contributed by atoms with Crippen molar-refractivity contribution in [2.45, 2.75) is 4.90 Å². The summed E-state index contributed by atoms with van der Waals surface area (Å²) in [6.45, 7) is 0. The monoisotopic (exact) mass is 241 g/mol. The Labute approximate surface area is 107 Å². The molecule has 7 nitrogen and oxygen atoms in total. The summed E-state index contributed by atoms with van der Waals surface area (Å²) in [5.74, 6) is 0. The third-order valence-electron chi connectivity index (χ3n) is 1.49. The van der Waals surface area contributed by atoms with E-state index in [-0.39, 0.29) is 35.2 Å². The van der Waals surface area contributed by atoms with Crippen molar-refractivity contribution >= 4 is 21.5 Å². The van der Waals surface area contributed by atoms with Gasteiger partial charge in [-0.25, -0.2) is 0 Å². The molecule has 0 atom stereocenters. The fraction of sp³-hybridized carbons (Fsp3) is 0. The van der Waals surface area contributed by atoms with Crippen molar-refractivity contribution in [1.29, 1.82) is 0 Å². The van der Waals surface area contributed by atoms with Crippen molar-refractivity contribution in [3.63, 3.8) is 0 Å². The van der Waals surface area contributed by atoms with Gasteiger partial charge in [-0.1, -0.05) is 6.07 Å². The summed E-state index contributed by atoms with van der Waals surface area (Å²) in [5, 5.41) is 10.4. The molecule has 76 valence electrons. The molecule has 0 aliphatic carbocycles. The Balaban J connectivity index is 0.00000196. The van der Waals surface area contributed by atoms with Crippen LogP contribution in [0.5, 0.6) is 0 Å². The summed E-state index contributed by atoms with van der Waals surface area (Å²) in [6, 6.07) is 3.28. The Bertz CT molecular complexity index is 486. The largest absolute Gasteiger partial charge is 1.00 e. The maximum Gasteiger partial charge on any atom is 1.00 e. The summed E-state index contributed by atoms with van der Waals surface area (Å²) in [6.07, 6.45) is 0. The molecule has 0 fully saturated rings. The van der Waals surface area contributed by atoms with Gasteiger partial charge in [0.25, 0.3) is 0 Å². The number of nitrogen functional groups attached to an aromatic ring is 1. The van der Waals surface area contributed by atoms with Gasteiger partial charge in [0, 0.05) is 0 Å². The molecule has 0 radical (unpaired) electrons. The first kappa shape index (κ1) is 14.3. The molecule has 0 heterocycles. The molecule has 0 saturated heterocycles. The molecule has 9 heteroatoms. The molecule has 0 bridgehead atoms. The van der Waals surface area contributed by atoms with Crippen molar-refractivity contribution in [2.75, 3.05) is 5.73 Å². The van der Waals surface area contributed by atoms with Crippen LogP contribution in [-0.4, -0.2) is 17.9 Å². The standard InChI is InChI=1S/C6H6N2O5S.Na/c7-4-2-1-3-5(14(11,12)13)6(4)8(9)10;/h1-3H,7H2,(H,11,12,13);/q;+1. The van der Waals surface area contributed by atoms with Crippen molar-refractivity contribution in [1.82, 2.24) is 0 Å². The van der Waals surface area contributed by atoms with E-state index in [4.69, 9.17) is 10.3 Å². The Hall–Kier alpha value is -0.670. The zero-order chi connectivity index (χ0) is 10.9. The molecular formula is C6H6N2NaO5S+. The second-order valence-electron chi connectivity index (χ2n) is 2.43. The molecule has 0 amide bonds. The molecule has 1 aromatic rings. The Morgan fingerprint density at radius 1 is 1.40 bits per heavy atom. The van der Waals surface area contributed by atoms with E-state index in [0.29, 0.717) is 0 Å². The van der Waals surface area contributed by atoms with Crippen molar-refractivity contribution in [3.05, 3.63) is 28.3 Å². The second kappa shape index (κ2) is 4.90. The van der Waals surface area contributed by atoms with Gasteiger partial charge in [0.2, 0.25) is 0 Å².